The molecule has 0 aliphatic heterocycles. The molecule has 0 amide bonds. The lowest BCUT2D eigenvalue weighted by atomic mass is 10.1. The van der Waals surface area contributed by atoms with Gasteiger partial charge in [-0.15, -0.1) is 0 Å². The number of hydrogen-bond acceptors (Lipinski definition) is 3. The van der Waals surface area contributed by atoms with Gasteiger partial charge in [-0.3, -0.25) is 0 Å². The van der Waals surface area contributed by atoms with Crippen molar-refractivity contribution in [2.45, 2.75) is 6.10 Å². The minimum atomic E-state index is -0.769. The molecule has 4 nitrogen and oxygen atoms in total. The number of imidazole rings is 1. The Morgan fingerprint density at radius 1 is 1.40 bits per heavy atom. The first-order valence-corrected chi connectivity index (χ1v) is 4.83. The van der Waals surface area contributed by atoms with E-state index in [1.54, 1.807) is 35.3 Å². The van der Waals surface area contributed by atoms with Gasteiger partial charge in [0.05, 0.1) is 0 Å². The summed E-state index contributed by atoms with van der Waals surface area (Å²) in [7, 11) is 1.83. The predicted octanol–water partition coefficient (Wildman–Crippen LogP) is 1.55. The number of aliphatic hydroxyl groups excluding tert-OH is 1. The van der Waals surface area contributed by atoms with Crippen LogP contribution in [0.5, 0.6) is 0 Å². The second-order valence-corrected chi connectivity index (χ2v) is 3.60. The van der Waals surface area contributed by atoms with Crippen LogP contribution in [0.4, 0.5) is 0 Å². The van der Waals surface area contributed by atoms with Crippen molar-refractivity contribution in [3.05, 3.63) is 47.3 Å². The Morgan fingerprint density at radius 2 is 2.20 bits per heavy atom. The molecule has 0 saturated carbocycles. The van der Waals surface area contributed by atoms with Crippen LogP contribution < -0.4 is 0 Å². The fourth-order valence-electron chi connectivity index (χ4n) is 1.34. The number of pyridine rings is 1. The summed E-state index contributed by atoms with van der Waals surface area (Å²) >= 11 is 5.66. The third-order valence-corrected chi connectivity index (χ3v) is 2.39. The minimum Gasteiger partial charge on any atom is -0.380 e. The first kappa shape index (κ1) is 10.1. The Kier molecular flexibility index (Phi) is 2.70. The molecule has 0 radical (unpaired) electrons. The van der Waals surface area contributed by atoms with Crippen molar-refractivity contribution >= 4 is 11.6 Å². The van der Waals surface area contributed by atoms with E-state index in [1.807, 2.05) is 7.05 Å². The topological polar surface area (TPSA) is 50.9 Å². The average Bonchev–Trinajstić information content (AvgIpc) is 2.65. The molecule has 78 valence electrons. The number of aryl methyl sites for hydroxylation is 1. The summed E-state index contributed by atoms with van der Waals surface area (Å²) in [5, 5.41) is 10.4. The molecule has 0 aliphatic carbocycles. The predicted molar refractivity (Wildman–Crippen MR) is 56.5 cm³/mol. The molecule has 5 heteroatoms. The molecule has 0 bridgehead atoms. The van der Waals surface area contributed by atoms with Crippen LogP contribution >= 0.6 is 11.6 Å². The van der Waals surface area contributed by atoms with E-state index in [1.165, 1.54) is 0 Å². The highest BCUT2D eigenvalue weighted by Gasteiger charge is 2.14. The molecule has 2 heterocycles. The van der Waals surface area contributed by atoms with Crippen LogP contribution in [0.25, 0.3) is 0 Å². The highest BCUT2D eigenvalue weighted by Crippen LogP contribution is 2.19. The molecule has 2 rings (SSSR count). The van der Waals surface area contributed by atoms with Crippen molar-refractivity contribution in [2.75, 3.05) is 0 Å². The van der Waals surface area contributed by atoms with Gasteiger partial charge in [0.2, 0.25) is 0 Å². The fourth-order valence-corrected chi connectivity index (χ4v) is 1.45. The third kappa shape index (κ3) is 2.00. The standard InChI is InChI=1S/C10H10ClN3O/c1-14-5-4-12-10(14)9(15)7-2-3-8(11)13-6-7/h2-6,9,15H,1H3. The summed E-state index contributed by atoms with van der Waals surface area (Å²) in [5.41, 5.74) is 0.675. The van der Waals surface area contributed by atoms with Gasteiger partial charge in [0.1, 0.15) is 17.1 Å². The molecule has 0 spiro atoms. The number of hydrogen-bond donors (Lipinski definition) is 1. The third-order valence-electron chi connectivity index (χ3n) is 2.17. The van der Waals surface area contributed by atoms with Gasteiger partial charge in [0.15, 0.2) is 0 Å². The van der Waals surface area contributed by atoms with Gasteiger partial charge >= 0.3 is 0 Å². The van der Waals surface area contributed by atoms with Crippen molar-refractivity contribution in [3.8, 4) is 0 Å². The van der Waals surface area contributed by atoms with Gasteiger partial charge in [0, 0.05) is 31.2 Å². The normalized spacial score (nSPS) is 12.7. The SMILES string of the molecule is Cn1ccnc1C(O)c1ccc(Cl)nc1. The Bertz CT molecular complexity index is 452. The van der Waals surface area contributed by atoms with Crippen LogP contribution in [0.2, 0.25) is 5.15 Å². The zero-order valence-electron chi connectivity index (χ0n) is 8.13. The number of nitrogens with zero attached hydrogens (tertiary/aromatic N) is 3. The van der Waals surface area contributed by atoms with Gasteiger partial charge in [-0.05, 0) is 6.07 Å². The van der Waals surface area contributed by atoms with Gasteiger partial charge in [-0.2, -0.15) is 0 Å². The lowest BCUT2D eigenvalue weighted by Crippen LogP contribution is -2.07. The van der Waals surface area contributed by atoms with Crippen molar-refractivity contribution in [1.82, 2.24) is 14.5 Å². The van der Waals surface area contributed by atoms with Crippen LogP contribution in [0.15, 0.2) is 30.7 Å². The molecular formula is C10H10ClN3O. The maximum absolute atomic E-state index is 9.99. The molecule has 0 fully saturated rings. The quantitative estimate of drug-likeness (QED) is 0.786. The van der Waals surface area contributed by atoms with E-state index in [2.05, 4.69) is 9.97 Å². The summed E-state index contributed by atoms with van der Waals surface area (Å²) in [6.45, 7) is 0. The van der Waals surface area contributed by atoms with Crippen molar-refractivity contribution in [1.29, 1.82) is 0 Å². The van der Waals surface area contributed by atoms with Crippen LogP contribution in [-0.4, -0.2) is 19.6 Å². The van der Waals surface area contributed by atoms with E-state index >= 15 is 0 Å². The highest BCUT2D eigenvalue weighted by atomic mass is 35.5. The Labute approximate surface area is 92.2 Å². The lowest BCUT2D eigenvalue weighted by Gasteiger charge is -2.10. The Balaban J connectivity index is 2.32. The van der Waals surface area contributed by atoms with Crippen LogP contribution in [-0.2, 0) is 7.05 Å². The van der Waals surface area contributed by atoms with E-state index in [0.717, 1.165) is 0 Å². The van der Waals surface area contributed by atoms with Crippen LogP contribution in [0.1, 0.15) is 17.5 Å². The maximum atomic E-state index is 9.99. The van der Waals surface area contributed by atoms with Crippen LogP contribution in [0.3, 0.4) is 0 Å². The number of aromatic nitrogens is 3. The van der Waals surface area contributed by atoms with Crippen LogP contribution in [0, 0.1) is 0 Å². The van der Waals surface area contributed by atoms with Gasteiger partial charge < -0.3 is 9.67 Å². The molecular weight excluding hydrogens is 214 g/mol. The first-order valence-electron chi connectivity index (χ1n) is 4.45. The molecule has 0 aliphatic rings. The summed E-state index contributed by atoms with van der Waals surface area (Å²) in [5.74, 6) is 0.583. The first-order chi connectivity index (χ1) is 7.18. The molecule has 0 aromatic carbocycles. The molecule has 1 atom stereocenters. The summed E-state index contributed by atoms with van der Waals surface area (Å²) in [4.78, 5) is 7.97. The Hall–Kier alpha value is -1.39. The van der Waals surface area contributed by atoms with E-state index in [-0.39, 0.29) is 0 Å². The largest absolute Gasteiger partial charge is 0.380 e. The maximum Gasteiger partial charge on any atom is 0.142 e. The Morgan fingerprint density at radius 3 is 2.73 bits per heavy atom. The molecule has 0 saturated heterocycles. The summed E-state index contributed by atoms with van der Waals surface area (Å²) in [6, 6.07) is 3.37. The number of halogens is 1. The zero-order chi connectivity index (χ0) is 10.8. The zero-order valence-corrected chi connectivity index (χ0v) is 8.89. The van der Waals surface area contributed by atoms with Gasteiger partial charge in [-0.1, -0.05) is 17.7 Å². The lowest BCUT2D eigenvalue weighted by molar-refractivity contribution is 0.206. The second kappa shape index (κ2) is 4.00. The van der Waals surface area contributed by atoms with Crippen molar-refractivity contribution < 1.29 is 5.11 Å². The second-order valence-electron chi connectivity index (χ2n) is 3.21. The van der Waals surface area contributed by atoms with E-state index in [4.69, 9.17) is 11.6 Å². The highest BCUT2D eigenvalue weighted by molar-refractivity contribution is 6.29. The van der Waals surface area contributed by atoms with E-state index < -0.39 is 6.10 Å². The smallest absolute Gasteiger partial charge is 0.142 e. The minimum absolute atomic E-state index is 0.408. The molecule has 1 N–H and O–H groups in total. The fraction of sp³-hybridized carbons (Fsp3) is 0.200. The molecule has 2 aromatic rings. The summed E-state index contributed by atoms with van der Waals surface area (Å²) < 4.78 is 1.76. The van der Waals surface area contributed by atoms with Gasteiger partial charge in [-0.25, -0.2) is 9.97 Å². The number of rotatable bonds is 2. The number of aliphatic hydroxyl groups is 1. The average molecular weight is 224 g/mol. The van der Waals surface area contributed by atoms with Crippen molar-refractivity contribution in [3.63, 3.8) is 0 Å². The van der Waals surface area contributed by atoms with Gasteiger partial charge in [0.25, 0.3) is 0 Å². The van der Waals surface area contributed by atoms with E-state index in [0.29, 0.717) is 16.5 Å². The van der Waals surface area contributed by atoms with E-state index in [9.17, 15) is 5.11 Å². The van der Waals surface area contributed by atoms with Crippen molar-refractivity contribution in [2.24, 2.45) is 7.05 Å². The summed E-state index contributed by atoms with van der Waals surface area (Å²) in [6.07, 6.45) is 4.20. The molecule has 1 unspecified atom stereocenters. The molecule has 15 heavy (non-hydrogen) atoms. The molecule has 2 aromatic heterocycles. The monoisotopic (exact) mass is 223 g/mol.